The molecular formula is C17H13ClF5NO. The number of benzene rings is 2. The molecule has 3 rings (SSSR count). The van der Waals surface area contributed by atoms with Crippen LogP contribution in [0.1, 0.15) is 18.4 Å². The summed E-state index contributed by atoms with van der Waals surface area (Å²) in [6.07, 6.45) is 0.572. The number of nitrogens with one attached hydrogen (secondary N) is 1. The maximum absolute atomic E-state index is 14.0. The van der Waals surface area contributed by atoms with Crippen molar-refractivity contribution in [3.8, 4) is 5.75 Å². The number of rotatable bonds is 3. The van der Waals surface area contributed by atoms with Crippen LogP contribution in [0.5, 0.6) is 5.75 Å². The summed E-state index contributed by atoms with van der Waals surface area (Å²) in [6, 6.07) is 6.37. The third kappa shape index (κ3) is 3.18. The highest BCUT2D eigenvalue weighted by Crippen LogP contribution is 2.40. The van der Waals surface area contributed by atoms with Gasteiger partial charge in [0.2, 0.25) is 29.1 Å². The third-order valence-corrected chi connectivity index (χ3v) is 4.50. The molecule has 0 aromatic heterocycles. The van der Waals surface area contributed by atoms with Crippen molar-refractivity contribution < 1.29 is 26.7 Å². The van der Waals surface area contributed by atoms with Crippen LogP contribution in [-0.2, 0) is 5.60 Å². The van der Waals surface area contributed by atoms with Gasteiger partial charge in [-0.25, -0.2) is 13.2 Å². The summed E-state index contributed by atoms with van der Waals surface area (Å²) < 4.78 is 73.7. The minimum absolute atomic E-state index is 0.286. The van der Waals surface area contributed by atoms with Crippen LogP contribution >= 0.6 is 11.6 Å². The van der Waals surface area contributed by atoms with Gasteiger partial charge in [-0.15, -0.1) is 0 Å². The molecule has 8 heteroatoms. The minimum atomic E-state index is -2.21. The zero-order chi connectivity index (χ0) is 18.2. The molecule has 0 aliphatic carbocycles. The van der Waals surface area contributed by atoms with Crippen LogP contribution in [0.2, 0.25) is 5.02 Å². The lowest BCUT2D eigenvalue weighted by Gasteiger charge is -2.38. The zero-order valence-corrected chi connectivity index (χ0v) is 13.6. The Morgan fingerprint density at radius 2 is 1.28 bits per heavy atom. The molecule has 1 saturated heterocycles. The predicted octanol–water partition coefficient (Wildman–Crippen LogP) is 4.69. The van der Waals surface area contributed by atoms with Crippen molar-refractivity contribution in [2.75, 3.05) is 13.1 Å². The SMILES string of the molecule is Fc1c(F)c(F)c(OC2(c3ccc(Cl)cc3)CCNCC2)c(F)c1F. The van der Waals surface area contributed by atoms with E-state index >= 15 is 0 Å². The number of ether oxygens (including phenoxy) is 1. The molecular weight excluding hydrogens is 365 g/mol. The highest BCUT2D eigenvalue weighted by Gasteiger charge is 2.39. The molecule has 134 valence electrons. The lowest BCUT2D eigenvalue weighted by atomic mass is 9.84. The van der Waals surface area contributed by atoms with Gasteiger partial charge in [0.25, 0.3) is 0 Å². The molecule has 0 amide bonds. The van der Waals surface area contributed by atoms with Gasteiger partial charge in [0.05, 0.1) is 0 Å². The Bertz CT molecular complexity index is 762. The van der Waals surface area contributed by atoms with Gasteiger partial charge in [-0.1, -0.05) is 23.7 Å². The van der Waals surface area contributed by atoms with Crippen LogP contribution < -0.4 is 10.1 Å². The highest BCUT2D eigenvalue weighted by molar-refractivity contribution is 6.30. The van der Waals surface area contributed by atoms with E-state index in [1.807, 2.05) is 0 Å². The van der Waals surface area contributed by atoms with Crippen LogP contribution in [0, 0.1) is 29.1 Å². The van der Waals surface area contributed by atoms with Crippen molar-refractivity contribution in [3.05, 3.63) is 63.9 Å². The second-order valence-corrected chi connectivity index (χ2v) is 6.19. The zero-order valence-electron chi connectivity index (χ0n) is 12.8. The van der Waals surface area contributed by atoms with E-state index in [4.69, 9.17) is 16.3 Å². The average Bonchev–Trinajstić information content (AvgIpc) is 2.63. The fourth-order valence-electron chi connectivity index (χ4n) is 2.90. The van der Waals surface area contributed by atoms with Crippen LogP contribution in [0.3, 0.4) is 0 Å². The van der Waals surface area contributed by atoms with Crippen molar-refractivity contribution in [2.45, 2.75) is 18.4 Å². The maximum Gasteiger partial charge on any atom is 0.207 e. The van der Waals surface area contributed by atoms with Gasteiger partial charge in [0.1, 0.15) is 5.60 Å². The molecule has 2 nitrogen and oxygen atoms in total. The van der Waals surface area contributed by atoms with Gasteiger partial charge < -0.3 is 10.1 Å². The summed E-state index contributed by atoms with van der Waals surface area (Å²) in [7, 11) is 0. The highest BCUT2D eigenvalue weighted by atomic mass is 35.5. The summed E-state index contributed by atoms with van der Waals surface area (Å²) in [5.41, 5.74) is -0.684. The van der Waals surface area contributed by atoms with Gasteiger partial charge >= 0.3 is 0 Å². The number of halogens is 6. The van der Waals surface area contributed by atoms with Crippen molar-refractivity contribution in [3.63, 3.8) is 0 Å². The predicted molar refractivity (Wildman–Crippen MR) is 82.1 cm³/mol. The van der Waals surface area contributed by atoms with Crippen molar-refractivity contribution in [1.29, 1.82) is 0 Å². The maximum atomic E-state index is 14.0. The Balaban J connectivity index is 2.10. The van der Waals surface area contributed by atoms with E-state index in [0.717, 1.165) is 0 Å². The van der Waals surface area contributed by atoms with Gasteiger partial charge in [0.15, 0.2) is 5.75 Å². The van der Waals surface area contributed by atoms with E-state index in [0.29, 0.717) is 23.7 Å². The molecule has 1 heterocycles. The lowest BCUT2D eigenvalue weighted by molar-refractivity contribution is 0.0233. The summed E-state index contributed by atoms with van der Waals surface area (Å²) in [6.45, 7) is 0.913. The molecule has 25 heavy (non-hydrogen) atoms. The Kier molecular flexibility index (Phi) is 4.88. The first-order valence-corrected chi connectivity index (χ1v) is 7.91. The monoisotopic (exact) mass is 377 g/mol. The molecule has 0 bridgehead atoms. The third-order valence-electron chi connectivity index (χ3n) is 4.25. The molecule has 1 N–H and O–H groups in total. The van der Waals surface area contributed by atoms with Crippen LogP contribution in [0.25, 0.3) is 0 Å². The first-order valence-electron chi connectivity index (χ1n) is 7.53. The van der Waals surface area contributed by atoms with E-state index < -0.39 is 40.4 Å². The lowest BCUT2D eigenvalue weighted by Crippen LogP contribution is -2.44. The van der Waals surface area contributed by atoms with Crippen molar-refractivity contribution >= 4 is 11.6 Å². The molecule has 1 aliphatic rings. The van der Waals surface area contributed by atoms with Gasteiger partial charge in [-0.3, -0.25) is 0 Å². The summed E-state index contributed by atoms with van der Waals surface area (Å²) in [4.78, 5) is 0. The molecule has 0 atom stereocenters. The van der Waals surface area contributed by atoms with Crippen molar-refractivity contribution in [2.24, 2.45) is 0 Å². The normalized spacial score (nSPS) is 16.7. The van der Waals surface area contributed by atoms with Crippen LogP contribution in [0.4, 0.5) is 22.0 Å². The molecule has 1 fully saturated rings. The van der Waals surface area contributed by atoms with Gasteiger partial charge in [-0.05, 0) is 30.8 Å². The molecule has 1 aliphatic heterocycles. The first kappa shape index (κ1) is 17.9. The average molecular weight is 378 g/mol. The Morgan fingerprint density at radius 3 is 1.80 bits per heavy atom. The minimum Gasteiger partial charge on any atom is -0.476 e. The molecule has 2 aromatic rings. The summed E-state index contributed by atoms with van der Waals surface area (Å²) >= 11 is 5.85. The molecule has 0 radical (unpaired) electrons. The standard InChI is InChI=1S/C17H13ClF5NO/c18-10-3-1-9(2-4-10)17(5-7-24-8-6-17)25-16-14(22)12(20)11(19)13(21)15(16)23/h1-4,24H,5-8H2. The summed E-state index contributed by atoms with van der Waals surface area (Å²) in [5, 5.41) is 3.51. The van der Waals surface area contributed by atoms with E-state index in [9.17, 15) is 22.0 Å². The second kappa shape index (κ2) is 6.80. The van der Waals surface area contributed by atoms with E-state index in [1.165, 1.54) is 0 Å². The molecule has 0 unspecified atom stereocenters. The molecule has 0 saturated carbocycles. The fourth-order valence-corrected chi connectivity index (χ4v) is 3.03. The van der Waals surface area contributed by atoms with Crippen molar-refractivity contribution in [1.82, 2.24) is 5.32 Å². The van der Waals surface area contributed by atoms with E-state index in [1.54, 1.807) is 24.3 Å². The van der Waals surface area contributed by atoms with E-state index in [-0.39, 0.29) is 12.8 Å². The van der Waals surface area contributed by atoms with Crippen LogP contribution in [-0.4, -0.2) is 13.1 Å². The Labute approximate surface area is 145 Å². The molecule has 0 spiro atoms. The topological polar surface area (TPSA) is 21.3 Å². The first-order chi connectivity index (χ1) is 11.9. The largest absolute Gasteiger partial charge is 0.476 e. The molecule has 2 aromatic carbocycles. The quantitative estimate of drug-likeness (QED) is 0.476. The van der Waals surface area contributed by atoms with Gasteiger partial charge in [0, 0.05) is 17.9 Å². The number of piperidine rings is 1. The smallest absolute Gasteiger partial charge is 0.207 e. The number of hydrogen-bond acceptors (Lipinski definition) is 2. The van der Waals surface area contributed by atoms with Gasteiger partial charge in [-0.2, -0.15) is 8.78 Å². The fraction of sp³-hybridized carbons (Fsp3) is 0.294. The second-order valence-electron chi connectivity index (χ2n) is 5.75. The Hall–Kier alpha value is -1.86. The van der Waals surface area contributed by atoms with Crippen LogP contribution in [0.15, 0.2) is 24.3 Å². The number of hydrogen-bond donors (Lipinski definition) is 1. The summed E-state index contributed by atoms with van der Waals surface area (Å²) in [5.74, 6) is -11.5. The Morgan fingerprint density at radius 1 is 0.800 bits per heavy atom. The van der Waals surface area contributed by atoms with E-state index in [2.05, 4.69) is 5.32 Å².